The molecule has 1 saturated heterocycles. The number of benzene rings is 1. The molecule has 3 aromatic rings. The second-order valence-electron chi connectivity index (χ2n) is 6.21. The summed E-state index contributed by atoms with van der Waals surface area (Å²) in [5, 5.41) is 8.97. The molecule has 124 valence electrons. The smallest absolute Gasteiger partial charge is 0.255 e. The van der Waals surface area contributed by atoms with Gasteiger partial charge in [0.05, 0.1) is 11.6 Å². The third-order valence-corrected chi connectivity index (χ3v) is 4.63. The number of rotatable bonds is 2. The standard InChI is InChI=1S/C19H17N5O/c20-11-14-6-8-23(9-7-14)19(25)15-10-17-18(21-12-15)24(13-22-17)16-4-2-1-3-5-16/h1-5,10,12-14H,6-9H2. The first-order valence-electron chi connectivity index (χ1n) is 8.33. The average molecular weight is 331 g/mol. The number of carbonyl (C=O) groups is 1. The lowest BCUT2D eigenvalue weighted by atomic mass is 9.98. The molecular formula is C19H17N5O. The van der Waals surface area contributed by atoms with Crippen LogP contribution >= 0.6 is 0 Å². The van der Waals surface area contributed by atoms with Crippen molar-refractivity contribution in [3.8, 4) is 11.8 Å². The molecule has 0 bridgehead atoms. The lowest BCUT2D eigenvalue weighted by Crippen LogP contribution is -2.38. The number of carbonyl (C=O) groups excluding carboxylic acids is 1. The predicted octanol–water partition coefficient (Wildman–Crippen LogP) is 2.80. The number of hydrogen-bond acceptors (Lipinski definition) is 4. The van der Waals surface area contributed by atoms with E-state index in [0.29, 0.717) is 24.2 Å². The molecule has 2 aromatic heterocycles. The van der Waals surface area contributed by atoms with Gasteiger partial charge in [0.25, 0.3) is 5.91 Å². The molecule has 1 fully saturated rings. The minimum absolute atomic E-state index is 0.0416. The van der Waals surface area contributed by atoms with E-state index >= 15 is 0 Å². The van der Waals surface area contributed by atoms with E-state index in [-0.39, 0.29) is 11.8 Å². The number of nitriles is 1. The van der Waals surface area contributed by atoms with Crippen molar-refractivity contribution in [1.82, 2.24) is 19.4 Å². The zero-order valence-electron chi connectivity index (χ0n) is 13.7. The Morgan fingerprint density at radius 1 is 1.16 bits per heavy atom. The van der Waals surface area contributed by atoms with Gasteiger partial charge in [-0.15, -0.1) is 0 Å². The molecule has 0 radical (unpaired) electrons. The molecule has 4 rings (SSSR count). The van der Waals surface area contributed by atoms with Crippen LogP contribution in [0, 0.1) is 17.2 Å². The minimum Gasteiger partial charge on any atom is -0.339 e. The molecule has 0 saturated carbocycles. The monoisotopic (exact) mass is 331 g/mol. The Morgan fingerprint density at radius 3 is 2.64 bits per heavy atom. The summed E-state index contributed by atoms with van der Waals surface area (Å²) in [4.78, 5) is 23.3. The SMILES string of the molecule is N#CC1CCN(C(=O)c2cnc3c(c2)ncn3-c2ccccc2)CC1. The van der Waals surface area contributed by atoms with Gasteiger partial charge in [0.15, 0.2) is 5.65 Å². The highest BCUT2D eigenvalue weighted by Gasteiger charge is 2.24. The van der Waals surface area contributed by atoms with E-state index in [1.807, 2.05) is 34.9 Å². The molecule has 1 aromatic carbocycles. The van der Waals surface area contributed by atoms with Gasteiger partial charge in [-0.05, 0) is 31.0 Å². The Hall–Kier alpha value is -3.20. The number of fused-ring (bicyclic) bond motifs is 1. The highest BCUT2D eigenvalue weighted by molar-refractivity contribution is 5.96. The number of nitrogens with zero attached hydrogens (tertiary/aromatic N) is 5. The Bertz CT molecular complexity index is 949. The molecule has 1 aliphatic heterocycles. The maximum Gasteiger partial charge on any atom is 0.255 e. The molecule has 0 atom stereocenters. The third-order valence-electron chi connectivity index (χ3n) is 4.63. The zero-order chi connectivity index (χ0) is 17.2. The molecule has 1 amide bonds. The number of imidazole rings is 1. The van der Waals surface area contributed by atoms with Gasteiger partial charge < -0.3 is 4.90 Å². The number of hydrogen-bond donors (Lipinski definition) is 0. The Kier molecular flexibility index (Phi) is 3.90. The van der Waals surface area contributed by atoms with Gasteiger partial charge in [-0.1, -0.05) is 18.2 Å². The van der Waals surface area contributed by atoms with Gasteiger partial charge in [0.2, 0.25) is 0 Å². The Balaban J connectivity index is 1.60. The number of amides is 1. The van der Waals surface area contributed by atoms with Crippen LogP contribution in [0.4, 0.5) is 0 Å². The predicted molar refractivity (Wildman–Crippen MR) is 93.1 cm³/mol. The van der Waals surface area contributed by atoms with Gasteiger partial charge in [0, 0.05) is 30.9 Å². The van der Waals surface area contributed by atoms with Gasteiger partial charge in [-0.2, -0.15) is 5.26 Å². The lowest BCUT2D eigenvalue weighted by Gasteiger charge is -2.29. The molecule has 0 aliphatic carbocycles. The fourth-order valence-electron chi connectivity index (χ4n) is 3.19. The van der Waals surface area contributed by atoms with E-state index < -0.39 is 0 Å². The van der Waals surface area contributed by atoms with Crippen molar-refractivity contribution in [3.05, 3.63) is 54.5 Å². The van der Waals surface area contributed by atoms with Crippen LogP contribution in [0.2, 0.25) is 0 Å². The van der Waals surface area contributed by atoms with Crippen LogP contribution in [0.25, 0.3) is 16.9 Å². The molecule has 25 heavy (non-hydrogen) atoms. The summed E-state index contributed by atoms with van der Waals surface area (Å²) in [6.45, 7) is 1.24. The van der Waals surface area contributed by atoms with Crippen LogP contribution in [0.5, 0.6) is 0 Å². The Morgan fingerprint density at radius 2 is 1.92 bits per heavy atom. The van der Waals surface area contributed by atoms with E-state index in [4.69, 9.17) is 5.26 Å². The van der Waals surface area contributed by atoms with Gasteiger partial charge in [0.1, 0.15) is 11.8 Å². The van der Waals surface area contributed by atoms with E-state index in [0.717, 1.165) is 24.2 Å². The van der Waals surface area contributed by atoms with Crippen LogP contribution in [0.15, 0.2) is 48.9 Å². The lowest BCUT2D eigenvalue weighted by molar-refractivity contribution is 0.0707. The summed E-state index contributed by atoms with van der Waals surface area (Å²) in [5.41, 5.74) is 2.95. The number of aromatic nitrogens is 3. The molecule has 0 unspecified atom stereocenters. The van der Waals surface area contributed by atoms with Gasteiger partial charge >= 0.3 is 0 Å². The molecule has 0 spiro atoms. The first-order valence-corrected chi connectivity index (χ1v) is 8.33. The quantitative estimate of drug-likeness (QED) is 0.723. The highest BCUT2D eigenvalue weighted by Crippen LogP contribution is 2.21. The van der Waals surface area contributed by atoms with Crippen LogP contribution in [0.3, 0.4) is 0 Å². The molecule has 6 heteroatoms. The van der Waals surface area contributed by atoms with Crippen molar-refractivity contribution in [1.29, 1.82) is 5.26 Å². The van der Waals surface area contributed by atoms with E-state index in [1.54, 1.807) is 23.5 Å². The molecule has 1 aliphatic rings. The average Bonchev–Trinajstić information content (AvgIpc) is 3.11. The normalized spacial score (nSPS) is 15.2. The third kappa shape index (κ3) is 2.85. The number of piperidine rings is 1. The summed E-state index contributed by atoms with van der Waals surface area (Å²) in [6.07, 6.45) is 4.81. The van der Waals surface area contributed by atoms with Crippen molar-refractivity contribution in [2.75, 3.05) is 13.1 Å². The maximum absolute atomic E-state index is 12.7. The fourth-order valence-corrected chi connectivity index (χ4v) is 3.19. The van der Waals surface area contributed by atoms with Crippen LogP contribution in [0.1, 0.15) is 23.2 Å². The number of pyridine rings is 1. The van der Waals surface area contributed by atoms with Crippen LogP contribution in [-0.2, 0) is 0 Å². The van der Waals surface area contributed by atoms with Crippen LogP contribution < -0.4 is 0 Å². The highest BCUT2D eigenvalue weighted by atomic mass is 16.2. The molecule has 0 N–H and O–H groups in total. The number of likely N-dealkylation sites (tertiary alicyclic amines) is 1. The van der Waals surface area contributed by atoms with Gasteiger partial charge in [-0.25, -0.2) is 9.97 Å². The zero-order valence-corrected chi connectivity index (χ0v) is 13.7. The summed E-state index contributed by atoms with van der Waals surface area (Å²) in [7, 11) is 0. The minimum atomic E-state index is -0.0416. The van der Waals surface area contributed by atoms with Gasteiger partial charge in [-0.3, -0.25) is 9.36 Å². The summed E-state index contributed by atoms with van der Waals surface area (Å²) in [6, 6.07) is 13.9. The summed E-state index contributed by atoms with van der Waals surface area (Å²) in [5.74, 6) is 0.0197. The van der Waals surface area contributed by atoms with Crippen LogP contribution in [-0.4, -0.2) is 38.4 Å². The second kappa shape index (κ2) is 6.36. The molecular weight excluding hydrogens is 314 g/mol. The Labute approximate surface area is 145 Å². The summed E-state index contributed by atoms with van der Waals surface area (Å²) < 4.78 is 1.90. The first-order chi connectivity index (χ1) is 12.3. The fraction of sp³-hybridized carbons (Fsp3) is 0.263. The number of para-hydroxylation sites is 1. The van der Waals surface area contributed by atoms with E-state index in [9.17, 15) is 4.79 Å². The molecule has 3 heterocycles. The topological polar surface area (TPSA) is 74.8 Å². The largest absolute Gasteiger partial charge is 0.339 e. The van der Waals surface area contributed by atoms with Crippen molar-refractivity contribution in [3.63, 3.8) is 0 Å². The molecule has 6 nitrogen and oxygen atoms in total. The van der Waals surface area contributed by atoms with Crippen molar-refractivity contribution >= 4 is 17.1 Å². The van der Waals surface area contributed by atoms with Crippen molar-refractivity contribution in [2.24, 2.45) is 5.92 Å². The maximum atomic E-state index is 12.7. The van der Waals surface area contributed by atoms with Crippen molar-refractivity contribution < 1.29 is 4.79 Å². The second-order valence-corrected chi connectivity index (χ2v) is 6.21. The van der Waals surface area contributed by atoms with E-state index in [1.165, 1.54) is 0 Å². The first kappa shape index (κ1) is 15.3. The summed E-state index contributed by atoms with van der Waals surface area (Å²) >= 11 is 0. The van der Waals surface area contributed by atoms with E-state index in [2.05, 4.69) is 16.0 Å². The van der Waals surface area contributed by atoms with Crippen molar-refractivity contribution in [2.45, 2.75) is 12.8 Å².